The number of carbonyl (C=O) groups is 2. The molecular weight excluding hydrogens is 326 g/mol. The summed E-state index contributed by atoms with van der Waals surface area (Å²) in [6.07, 6.45) is 4.38. The van der Waals surface area contributed by atoms with E-state index in [2.05, 4.69) is 31.4 Å². The zero-order chi connectivity index (χ0) is 19.0. The van der Waals surface area contributed by atoms with E-state index in [1.165, 1.54) is 18.0 Å². The average Bonchev–Trinajstić information content (AvgIpc) is 2.40. The van der Waals surface area contributed by atoms with Gasteiger partial charge in [-0.1, -0.05) is 20.8 Å². The van der Waals surface area contributed by atoms with Crippen molar-refractivity contribution < 1.29 is 14.7 Å². The molecule has 0 saturated heterocycles. The smallest absolute Gasteiger partial charge is 0.326 e. The van der Waals surface area contributed by atoms with Gasteiger partial charge in [0.1, 0.15) is 17.7 Å². The number of nitriles is 1. The number of nitrogens with one attached hydrogen (secondary N) is 2. The van der Waals surface area contributed by atoms with E-state index in [0.29, 0.717) is 12.2 Å². The van der Waals surface area contributed by atoms with E-state index in [9.17, 15) is 14.9 Å². The zero-order valence-corrected chi connectivity index (χ0v) is 16.2. The van der Waals surface area contributed by atoms with Crippen LogP contribution in [0.15, 0.2) is 11.8 Å². The van der Waals surface area contributed by atoms with E-state index in [-0.39, 0.29) is 16.5 Å². The number of hydrogen-bond donors (Lipinski definition) is 3. The Morgan fingerprint density at radius 2 is 1.88 bits per heavy atom. The Morgan fingerprint density at radius 1 is 1.29 bits per heavy atom. The Bertz CT molecular complexity index is 516. The molecule has 6 nitrogen and oxygen atoms in total. The van der Waals surface area contributed by atoms with Crippen LogP contribution in [0.5, 0.6) is 0 Å². The number of rotatable bonds is 9. The minimum Gasteiger partial charge on any atom is -0.480 e. The van der Waals surface area contributed by atoms with Gasteiger partial charge in [-0.05, 0) is 44.1 Å². The highest BCUT2D eigenvalue weighted by molar-refractivity contribution is 7.98. The lowest BCUT2D eigenvalue weighted by Gasteiger charge is -2.33. The van der Waals surface area contributed by atoms with E-state index in [1.54, 1.807) is 0 Å². The predicted molar refractivity (Wildman–Crippen MR) is 97.5 cm³/mol. The van der Waals surface area contributed by atoms with Crippen LogP contribution in [0.25, 0.3) is 0 Å². The standard InChI is InChI=1S/C17H29N3O3S/c1-16(2,3)11-17(4,5)19-10-12(9-18)14(21)20-13(15(22)23)7-8-24-6/h10,13,19H,7-8,11H2,1-6H3,(H,20,21)(H,22,23)/b12-10-. The lowest BCUT2D eigenvalue weighted by molar-refractivity contribution is -0.141. The molecule has 0 heterocycles. The summed E-state index contributed by atoms with van der Waals surface area (Å²) in [6, 6.07) is 0.830. The molecule has 1 atom stereocenters. The van der Waals surface area contributed by atoms with Gasteiger partial charge in [0.05, 0.1) is 0 Å². The molecule has 0 fully saturated rings. The molecule has 7 heteroatoms. The molecule has 0 radical (unpaired) electrons. The quantitative estimate of drug-likeness (QED) is 0.434. The number of carbonyl (C=O) groups excluding carboxylic acids is 1. The highest BCUT2D eigenvalue weighted by Gasteiger charge is 2.25. The molecule has 136 valence electrons. The number of thioether (sulfide) groups is 1. The zero-order valence-electron chi connectivity index (χ0n) is 15.4. The fourth-order valence-electron chi connectivity index (χ4n) is 2.52. The summed E-state index contributed by atoms with van der Waals surface area (Å²) in [6.45, 7) is 10.3. The second-order valence-corrected chi connectivity index (χ2v) is 8.57. The fraction of sp³-hybridized carbons (Fsp3) is 0.706. The lowest BCUT2D eigenvalue weighted by atomic mass is 9.82. The summed E-state index contributed by atoms with van der Waals surface area (Å²) < 4.78 is 0. The lowest BCUT2D eigenvalue weighted by Crippen LogP contribution is -2.43. The minimum atomic E-state index is -1.10. The first-order valence-corrected chi connectivity index (χ1v) is 9.22. The van der Waals surface area contributed by atoms with Gasteiger partial charge in [0.2, 0.25) is 0 Å². The number of carboxylic acids is 1. The molecule has 0 aromatic carbocycles. The first-order valence-electron chi connectivity index (χ1n) is 7.82. The molecule has 0 spiro atoms. The molecule has 1 unspecified atom stereocenters. The van der Waals surface area contributed by atoms with E-state index in [0.717, 1.165) is 6.42 Å². The predicted octanol–water partition coefficient (Wildman–Crippen LogP) is 2.52. The summed E-state index contributed by atoms with van der Waals surface area (Å²) in [7, 11) is 0. The van der Waals surface area contributed by atoms with Gasteiger partial charge in [-0.2, -0.15) is 17.0 Å². The van der Waals surface area contributed by atoms with Crippen molar-refractivity contribution in [1.82, 2.24) is 10.6 Å². The van der Waals surface area contributed by atoms with Crippen LogP contribution in [0.2, 0.25) is 0 Å². The largest absolute Gasteiger partial charge is 0.480 e. The average molecular weight is 356 g/mol. The SMILES string of the molecule is CSCCC(NC(=O)/C(C#N)=C\NC(C)(C)CC(C)(C)C)C(=O)O. The van der Waals surface area contributed by atoms with Crippen molar-refractivity contribution in [2.45, 2.75) is 59.0 Å². The summed E-state index contributed by atoms with van der Waals surface area (Å²) in [5, 5.41) is 23.8. The minimum absolute atomic E-state index is 0.0889. The van der Waals surface area contributed by atoms with Crippen molar-refractivity contribution in [1.29, 1.82) is 5.26 Å². The summed E-state index contributed by atoms with van der Waals surface area (Å²) in [5.41, 5.74) is -0.343. The van der Waals surface area contributed by atoms with E-state index in [4.69, 9.17) is 5.11 Å². The molecule has 0 rings (SSSR count). The van der Waals surface area contributed by atoms with Gasteiger partial charge in [-0.3, -0.25) is 4.79 Å². The van der Waals surface area contributed by atoms with Crippen LogP contribution in [0, 0.1) is 16.7 Å². The van der Waals surface area contributed by atoms with E-state index in [1.807, 2.05) is 26.2 Å². The summed E-state index contributed by atoms with van der Waals surface area (Å²) >= 11 is 1.50. The van der Waals surface area contributed by atoms with Crippen LogP contribution in [-0.4, -0.2) is 40.6 Å². The second kappa shape index (κ2) is 9.58. The first-order chi connectivity index (χ1) is 10.9. The van der Waals surface area contributed by atoms with Crippen LogP contribution < -0.4 is 10.6 Å². The fourth-order valence-corrected chi connectivity index (χ4v) is 2.99. The molecule has 0 saturated carbocycles. The Labute approximate surface area is 149 Å². The third kappa shape index (κ3) is 9.46. The molecule has 0 aromatic heterocycles. The van der Waals surface area contributed by atoms with Gasteiger partial charge in [0.25, 0.3) is 5.91 Å². The van der Waals surface area contributed by atoms with Gasteiger partial charge in [-0.25, -0.2) is 4.79 Å². The Morgan fingerprint density at radius 3 is 2.29 bits per heavy atom. The summed E-state index contributed by atoms with van der Waals surface area (Å²) in [4.78, 5) is 23.3. The van der Waals surface area contributed by atoms with Crippen molar-refractivity contribution in [3.05, 3.63) is 11.8 Å². The maximum Gasteiger partial charge on any atom is 0.326 e. The second-order valence-electron chi connectivity index (χ2n) is 7.58. The van der Waals surface area contributed by atoms with Gasteiger partial charge < -0.3 is 15.7 Å². The highest BCUT2D eigenvalue weighted by atomic mass is 32.2. The van der Waals surface area contributed by atoms with Crippen LogP contribution >= 0.6 is 11.8 Å². The van der Waals surface area contributed by atoms with Gasteiger partial charge in [-0.15, -0.1) is 0 Å². The van der Waals surface area contributed by atoms with Gasteiger partial charge >= 0.3 is 5.97 Å². The number of carboxylic acid groups (broad SMARTS) is 1. The third-order valence-corrected chi connectivity index (χ3v) is 3.80. The van der Waals surface area contributed by atoms with Crippen LogP contribution in [0.1, 0.15) is 47.5 Å². The van der Waals surface area contributed by atoms with Crippen molar-refractivity contribution in [3.8, 4) is 6.07 Å². The monoisotopic (exact) mass is 355 g/mol. The number of hydrogen-bond acceptors (Lipinski definition) is 5. The highest BCUT2D eigenvalue weighted by Crippen LogP contribution is 2.26. The normalized spacial score (nSPS) is 13.8. The number of amides is 1. The van der Waals surface area contributed by atoms with Crippen molar-refractivity contribution in [3.63, 3.8) is 0 Å². The third-order valence-electron chi connectivity index (χ3n) is 3.16. The molecule has 0 aliphatic rings. The van der Waals surface area contributed by atoms with E-state index >= 15 is 0 Å². The van der Waals surface area contributed by atoms with Crippen LogP contribution in [-0.2, 0) is 9.59 Å². The van der Waals surface area contributed by atoms with Crippen molar-refractivity contribution >= 4 is 23.6 Å². The molecule has 0 bridgehead atoms. The molecule has 0 aliphatic heterocycles. The Kier molecular flexibility index (Phi) is 8.91. The maximum atomic E-state index is 12.1. The molecule has 0 aliphatic carbocycles. The molecule has 1 amide bonds. The number of aliphatic carboxylic acids is 1. The van der Waals surface area contributed by atoms with Crippen molar-refractivity contribution in [2.24, 2.45) is 5.41 Å². The van der Waals surface area contributed by atoms with Crippen molar-refractivity contribution in [2.75, 3.05) is 12.0 Å². The molecular formula is C17H29N3O3S. The molecule has 24 heavy (non-hydrogen) atoms. The van der Waals surface area contributed by atoms with Gasteiger partial charge in [0, 0.05) is 11.7 Å². The Hall–Kier alpha value is -1.68. The van der Waals surface area contributed by atoms with Crippen LogP contribution in [0.3, 0.4) is 0 Å². The van der Waals surface area contributed by atoms with E-state index < -0.39 is 17.9 Å². The molecule has 3 N–H and O–H groups in total. The number of nitrogens with zero attached hydrogens (tertiary/aromatic N) is 1. The maximum absolute atomic E-state index is 12.1. The van der Waals surface area contributed by atoms with Gasteiger partial charge in [0.15, 0.2) is 0 Å². The Balaban J connectivity index is 4.96. The summed E-state index contributed by atoms with van der Waals surface area (Å²) in [5.74, 6) is -1.17. The van der Waals surface area contributed by atoms with Crippen LogP contribution in [0.4, 0.5) is 0 Å². The molecule has 0 aromatic rings. The first kappa shape index (κ1) is 22.3. The topological polar surface area (TPSA) is 102 Å².